The summed E-state index contributed by atoms with van der Waals surface area (Å²) in [5, 5.41) is 30.2. The van der Waals surface area contributed by atoms with Gasteiger partial charge < -0.3 is 15.3 Å². The molecule has 0 aromatic carbocycles. The SMILES string of the molecule is CC(O)C(O)CC[C@@H](C)[C@H]1CC[C@H]2[C@@H]3CC[C@@H]4C[C@H](CC(C)(C)O)CC[C@]4(C)[C@H]3CC[C@]12C. The molecular weight excluding hydrogens is 408 g/mol. The molecule has 0 aromatic rings. The third-order valence-corrected chi connectivity index (χ3v) is 11.8. The van der Waals surface area contributed by atoms with Gasteiger partial charge in [0.25, 0.3) is 0 Å². The summed E-state index contributed by atoms with van der Waals surface area (Å²) in [7, 11) is 0. The maximum absolute atomic E-state index is 10.4. The molecule has 192 valence electrons. The molecule has 3 nitrogen and oxygen atoms in total. The van der Waals surface area contributed by atoms with Crippen LogP contribution in [0, 0.1) is 52.3 Å². The molecule has 3 heteroatoms. The predicted octanol–water partition coefficient (Wildman–Crippen LogP) is 6.58. The number of hydrogen-bond acceptors (Lipinski definition) is 3. The lowest BCUT2D eigenvalue weighted by Crippen LogP contribution is -2.54. The van der Waals surface area contributed by atoms with Crippen LogP contribution in [0.2, 0.25) is 0 Å². The fourth-order valence-corrected chi connectivity index (χ4v) is 10.1. The molecule has 33 heavy (non-hydrogen) atoms. The summed E-state index contributed by atoms with van der Waals surface area (Å²) in [4.78, 5) is 0. The van der Waals surface area contributed by atoms with Gasteiger partial charge >= 0.3 is 0 Å². The lowest BCUT2D eigenvalue weighted by molar-refractivity contribution is -0.125. The van der Waals surface area contributed by atoms with Gasteiger partial charge in [0.1, 0.15) is 0 Å². The Bertz CT molecular complexity index is 668. The van der Waals surface area contributed by atoms with E-state index in [1.54, 1.807) is 6.92 Å². The highest BCUT2D eigenvalue weighted by Crippen LogP contribution is 2.68. The number of fused-ring (bicyclic) bond motifs is 5. The van der Waals surface area contributed by atoms with E-state index >= 15 is 0 Å². The van der Waals surface area contributed by atoms with Crippen molar-refractivity contribution in [2.24, 2.45) is 52.3 Å². The second kappa shape index (κ2) is 9.40. The van der Waals surface area contributed by atoms with Crippen LogP contribution in [0.1, 0.15) is 119 Å². The van der Waals surface area contributed by atoms with Crippen molar-refractivity contribution in [3.63, 3.8) is 0 Å². The van der Waals surface area contributed by atoms with E-state index in [9.17, 15) is 15.3 Å². The van der Waals surface area contributed by atoms with Gasteiger partial charge in [0.15, 0.2) is 0 Å². The highest BCUT2D eigenvalue weighted by Gasteiger charge is 2.60. The van der Waals surface area contributed by atoms with Crippen molar-refractivity contribution in [3.05, 3.63) is 0 Å². The van der Waals surface area contributed by atoms with E-state index in [0.29, 0.717) is 22.7 Å². The minimum Gasteiger partial charge on any atom is -0.391 e. The van der Waals surface area contributed by atoms with Crippen LogP contribution < -0.4 is 0 Å². The predicted molar refractivity (Wildman–Crippen MR) is 136 cm³/mol. The Hall–Kier alpha value is -0.120. The van der Waals surface area contributed by atoms with Crippen LogP contribution in [-0.2, 0) is 0 Å². The van der Waals surface area contributed by atoms with Gasteiger partial charge in [0, 0.05) is 0 Å². The summed E-state index contributed by atoms with van der Waals surface area (Å²) in [6.07, 6.45) is 14.0. The number of aliphatic hydroxyl groups excluding tert-OH is 2. The molecule has 0 spiro atoms. The first-order chi connectivity index (χ1) is 15.3. The van der Waals surface area contributed by atoms with E-state index in [4.69, 9.17) is 0 Å². The van der Waals surface area contributed by atoms with Gasteiger partial charge in [0.05, 0.1) is 17.8 Å². The lowest BCUT2D eigenvalue weighted by Gasteiger charge is -2.61. The van der Waals surface area contributed by atoms with Gasteiger partial charge in [-0.3, -0.25) is 0 Å². The van der Waals surface area contributed by atoms with Crippen molar-refractivity contribution in [2.75, 3.05) is 0 Å². The summed E-state index contributed by atoms with van der Waals surface area (Å²) >= 11 is 0. The van der Waals surface area contributed by atoms with Gasteiger partial charge in [-0.1, -0.05) is 20.8 Å². The van der Waals surface area contributed by atoms with Crippen LogP contribution in [0.5, 0.6) is 0 Å². The molecule has 0 bridgehead atoms. The van der Waals surface area contributed by atoms with E-state index in [0.717, 1.165) is 48.9 Å². The minimum atomic E-state index is -0.617. The number of aliphatic hydroxyl groups is 3. The van der Waals surface area contributed by atoms with Gasteiger partial charge in [0.2, 0.25) is 0 Å². The van der Waals surface area contributed by atoms with Gasteiger partial charge in [-0.15, -0.1) is 0 Å². The van der Waals surface area contributed by atoms with E-state index < -0.39 is 17.8 Å². The van der Waals surface area contributed by atoms with Crippen molar-refractivity contribution in [3.8, 4) is 0 Å². The summed E-state index contributed by atoms with van der Waals surface area (Å²) in [5.74, 6) is 5.69. The first kappa shape index (κ1) is 26.0. The smallest absolute Gasteiger partial charge is 0.0796 e. The van der Waals surface area contributed by atoms with Crippen molar-refractivity contribution in [1.29, 1.82) is 0 Å². The van der Waals surface area contributed by atoms with E-state index in [1.807, 2.05) is 13.8 Å². The fourth-order valence-electron chi connectivity index (χ4n) is 10.1. The van der Waals surface area contributed by atoms with E-state index in [2.05, 4.69) is 20.8 Å². The third kappa shape index (κ3) is 4.94. The summed E-state index contributed by atoms with van der Waals surface area (Å²) in [5.41, 5.74) is 0.464. The molecular formula is C30H54O3. The van der Waals surface area contributed by atoms with Gasteiger partial charge in [-0.25, -0.2) is 0 Å². The number of hydrogen-bond donors (Lipinski definition) is 3. The Balaban J connectivity index is 1.42. The van der Waals surface area contributed by atoms with Crippen molar-refractivity contribution in [1.82, 2.24) is 0 Å². The Labute approximate surface area is 204 Å². The second-order valence-corrected chi connectivity index (χ2v) is 14.4. The Morgan fingerprint density at radius 3 is 2.18 bits per heavy atom. The van der Waals surface area contributed by atoms with Crippen LogP contribution in [0.15, 0.2) is 0 Å². The zero-order valence-electron chi connectivity index (χ0n) is 22.5. The largest absolute Gasteiger partial charge is 0.391 e. The Morgan fingerprint density at radius 1 is 0.848 bits per heavy atom. The molecule has 0 heterocycles. The average molecular weight is 463 g/mol. The second-order valence-electron chi connectivity index (χ2n) is 14.4. The molecule has 0 aliphatic heterocycles. The molecule has 4 aliphatic rings. The van der Waals surface area contributed by atoms with Gasteiger partial charge in [-0.05, 0) is 150 Å². The highest BCUT2D eigenvalue weighted by atomic mass is 16.3. The monoisotopic (exact) mass is 462 g/mol. The maximum Gasteiger partial charge on any atom is 0.0796 e. The van der Waals surface area contributed by atoms with Crippen molar-refractivity contribution >= 4 is 0 Å². The Morgan fingerprint density at radius 2 is 1.52 bits per heavy atom. The van der Waals surface area contributed by atoms with E-state index in [1.165, 1.54) is 57.8 Å². The molecule has 4 saturated carbocycles. The highest BCUT2D eigenvalue weighted by molar-refractivity contribution is 5.09. The normalized spacial score (nSPS) is 46.1. The van der Waals surface area contributed by atoms with Crippen LogP contribution in [0.25, 0.3) is 0 Å². The van der Waals surface area contributed by atoms with Crippen LogP contribution in [0.4, 0.5) is 0 Å². The first-order valence-electron chi connectivity index (χ1n) is 14.4. The number of rotatable bonds is 7. The van der Waals surface area contributed by atoms with Gasteiger partial charge in [-0.2, -0.15) is 0 Å². The minimum absolute atomic E-state index is 0.470. The molecule has 0 amide bonds. The first-order valence-corrected chi connectivity index (χ1v) is 14.4. The molecule has 0 saturated heterocycles. The molecule has 0 radical (unpaired) electrons. The molecule has 3 N–H and O–H groups in total. The zero-order chi connectivity index (χ0) is 24.2. The lowest BCUT2D eigenvalue weighted by atomic mass is 9.43. The summed E-state index contributed by atoms with van der Waals surface area (Å²) in [6.45, 7) is 13.4. The zero-order valence-corrected chi connectivity index (χ0v) is 22.5. The van der Waals surface area contributed by atoms with E-state index in [-0.39, 0.29) is 0 Å². The third-order valence-electron chi connectivity index (χ3n) is 11.8. The quantitative estimate of drug-likeness (QED) is 0.400. The van der Waals surface area contributed by atoms with Crippen molar-refractivity contribution < 1.29 is 15.3 Å². The molecule has 4 aliphatic carbocycles. The molecule has 0 aromatic heterocycles. The average Bonchev–Trinajstić information content (AvgIpc) is 3.08. The standard InChI is InChI=1S/C30H54O3/c1-19(7-12-27(32)20(2)31)24-10-11-25-23-9-8-22-17-21(18-28(3,4)33)13-15-29(22,5)26(23)14-16-30(24,25)6/h19-27,31-33H,7-18H2,1-6H3/t19-,20?,21-,22-,23+,24-,25+,26+,27?,29+,30-/m1/s1. The van der Waals surface area contributed by atoms with Crippen LogP contribution in [0.3, 0.4) is 0 Å². The summed E-state index contributed by atoms with van der Waals surface area (Å²) in [6, 6.07) is 0. The molecule has 4 rings (SSSR count). The maximum atomic E-state index is 10.4. The molecule has 2 unspecified atom stereocenters. The topological polar surface area (TPSA) is 60.7 Å². The van der Waals surface area contributed by atoms with Crippen molar-refractivity contribution in [2.45, 2.75) is 136 Å². The Kier molecular flexibility index (Phi) is 7.39. The van der Waals surface area contributed by atoms with Crippen LogP contribution >= 0.6 is 0 Å². The molecule has 4 fully saturated rings. The fraction of sp³-hybridized carbons (Fsp3) is 1.00. The molecule has 11 atom stereocenters. The summed E-state index contributed by atoms with van der Waals surface area (Å²) < 4.78 is 0. The van der Waals surface area contributed by atoms with Crippen LogP contribution in [-0.4, -0.2) is 33.1 Å².